The summed E-state index contributed by atoms with van der Waals surface area (Å²) in [6, 6.07) is 22.3. The quantitative estimate of drug-likeness (QED) is 0.358. The van der Waals surface area contributed by atoms with E-state index in [4.69, 9.17) is 0 Å². The van der Waals surface area contributed by atoms with Crippen LogP contribution in [-0.2, 0) is 17.8 Å². The molecule has 152 valence electrons. The van der Waals surface area contributed by atoms with Crippen LogP contribution < -0.4 is 4.90 Å². The van der Waals surface area contributed by atoms with Crippen molar-refractivity contribution in [2.45, 2.75) is 13.0 Å². The first-order valence-corrected chi connectivity index (χ1v) is 10.7. The Morgan fingerprint density at radius 2 is 1.87 bits per heavy atom. The summed E-state index contributed by atoms with van der Waals surface area (Å²) in [5.41, 5.74) is 2.54. The van der Waals surface area contributed by atoms with Crippen LogP contribution in [-0.4, -0.2) is 15.9 Å². The van der Waals surface area contributed by atoms with Gasteiger partial charge in [-0.05, 0) is 46.2 Å². The zero-order valence-corrected chi connectivity index (χ0v) is 17.3. The largest absolute Gasteiger partial charge is 0.283 e. The first-order valence-electron chi connectivity index (χ1n) is 9.89. The van der Waals surface area contributed by atoms with Gasteiger partial charge >= 0.3 is 0 Å². The Kier molecular flexibility index (Phi) is 5.14. The molecule has 0 bridgehead atoms. The molecule has 0 aliphatic carbocycles. The van der Waals surface area contributed by atoms with E-state index in [0.29, 0.717) is 21.9 Å². The molecule has 3 aromatic carbocycles. The van der Waals surface area contributed by atoms with Crippen molar-refractivity contribution in [1.82, 2.24) is 9.97 Å². The number of halogens is 1. The van der Waals surface area contributed by atoms with E-state index in [1.165, 1.54) is 23.5 Å². The molecule has 5 aromatic rings. The summed E-state index contributed by atoms with van der Waals surface area (Å²) in [6.07, 6.45) is 3.68. The Morgan fingerprint density at radius 3 is 2.74 bits per heavy atom. The average Bonchev–Trinajstić information content (AvgIpc) is 3.21. The number of hydrogen-bond donors (Lipinski definition) is 0. The van der Waals surface area contributed by atoms with Gasteiger partial charge in [-0.25, -0.2) is 9.37 Å². The summed E-state index contributed by atoms with van der Waals surface area (Å²) in [5, 5.41) is 2.71. The van der Waals surface area contributed by atoms with Crippen molar-refractivity contribution < 1.29 is 9.18 Å². The third-order valence-corrected chi connectivity index (χ3v) is 6.20. The minimum Gasteiger partial charge on any atom is -0.283 e. The third kappa shape index (κ3) is 4.02. The molecule has 0 atom stereocenters. The molecule has 6 heteroatoms. The first kappa shape index (κ1) is 19.3. The van der Waals surface area contributed by atoms with Crippen molar-refractivity contribution in [2.24, 2.45) is 0 Å². The maximum absolute atomic E-state index is 13.7. The highest BCUT2D eigenvalue weighted by Crippen LogP contribution is 2.31. The summed E-state index contributed by atoms with van der Waals surface area (Å²) in [5.74, 6) is -0.386. The fourth-order valence-electron chi connectivity index (χ4n) is 3.64. The normalized spacial score (nSPS) is 11.1. The molecule has 2 heterocycles. The lowest BCUT2D eigenvalue weighted by atomic mass is 10.0. The SMILES string of the molecule is O=C(Cc1cccc2ccccc12)N(Cc1cccnc1)c1nc2ccc(F)cc2s1. The van der Waals surface area contributed by atoms with Crippen LogP contribution in [0.4, 0.5) is 9.52 Å². The lowest BCUT2D eigenvalue weighted by Crippen LogP contribution is -2.31. The molecule has 0 aliphatic rings. The fourth-order valence-corrected chi connectivity index (χ4v) is 4.65. The van der Waals surface area contributed by atoms with E-state index in [1.54, 1.807) is 23.4 Å². The molecule has 0 saturated carbocycles. The zero-order chi connectivity index (χ0) is 21.2. The van der Waals surface area contributed by atoms with Crippen molar-refractivity contribution in [3.8, 4) is 0 Å². The van der Waals surface area contributed by atoms with Crippen LogP contribution >= 0.6 is 11.3 Å². The Labute approximate surface area is 182 Å². The van der Waals surface area contributed by atoms with E-state index in [9.17, 15) is 9.18 Å². The molecular formula is C25H18FN3OS. The summed E-state index contributed by atoms with van der Waals surface area (Å²) in [6.45, 7) is 0.347. The predicted octanol–water partition coefficient (Wildman–Crippen LogP) is 5.76. The van der Waals surface area contributed by atoms with Gasteiger partial charge in [0.15, 0.2) is 5.13 Å². The van der Waals surface area contributed by atoms with Crippen molar-refractivity contribution in [3.05, 3.63) is 102 Å². The maximum atomic E-state index is 13.7. The number of rotatable bonds is 5. The second-order valence-corrected chi connectivity index (χ2v) is 8.27. The van der Waals surface area contributed by atoms with Gasteiger partial charge in [0, 0.05) is 12.4 Å². The Bertz CT molecular complexity index is 1380. The molecule has 31 heavy (non-hydrogen) atoms. The van der Waals surface area contributed by atoms with Crippen LogP contribution in [0.3, 0.4) is 0 Å². The number of fused-ring (bicyclic) bond motifs is 2. The topological polar surface area (TPSA) is 46.1 Å². The van der Waals surface area contributed by atoms with Crippen LogP contribution in [0.15, 0.2) is 85.2 Å². The van der Waals surface area contributed by atoms with Gasteiger partial charge in [0.2, 0.25) is 5.91 Å². The third-order valence-electron chi connectivity index (χ3n) is 5.16. The number of pyridine rings is 1. The number of anilines is 1. The summed E-state index contributed by atoms with van der Waals surface area (Å²) >= 11 is 1.31. The highest BCUT2D eigenvalue weighted by atomic mass is 32.1. The van der Waals surface area contributed by atoms with Gasteiger partial charge < -0.3 is 0 Å². The molecule has 0 aliphatic heterocycles. The van der Waals surface area contributed by atoms with E-state index < -0.39 is 0 Å². The highest BCUT2D eigenvalue weighted by molar-refractivity contribution is 7.22. The van der Waals surface area contributed by atoms with E-state index in [0.717, 1.165) is 21.9 Å². The number of benzene rings is 3. The lowest BCUT2D eigenvalue weighted by Gasteiger charge is -2.20. The van der Waals surface area contributed by atoms with Crippen LogP contribution in [0.1, 0.15) is 11.1 Å². The monoisotopic (exact) mass is 427 g/mol. The van der Waals surface area contributed by atoms with Gasteiger partial charge in [0.05, 0.1) is 23.2 Å². The van der Waals surface area contributed by atoms with Gasteiger partial charge in [-0.1, -0.05) is 59.9 Å². The predicted molar refractivity (Wildman–Crippen MR) is 123 cm³/mol. The molecule has 0 unspecified atom stereocenters. The van der Waals surface area contributed by atoms with Crippen molar-refractivity contribution in [1.29, 1.82) is 0 Å². The number of hydrogen-bond acceptors (Lipinski definition) is 4. The van der Waals surface area contributed by atoms with E-state index in [-0.39, 0.29) is 18.1 Å². The van der Waals surface area contributed by atoms with Crippen LogP contribution in [0.2, 0.25) is 0 Å². The maximum Gasteiger partial charge on any atom is 0.233 e. The van der Waals surface area contributed by atoms with Crippen molar-refractivity contribution in [2.75, 3.05) is 4.90 Å². The van der Waals surface area contributed by atoms with Crippen molar-refractivity contribution >= 4 is 43.4 Å². The molecule has 0 N–H and O–H groups in total. The Morgan fingerprint density at radius 1 is 1.00 bits per heavy atom. The van der Waals surface area contributed by atoms with Gasteiger partial charge in [-0.3, -0.25) is 14.7 Å². The summed E-state index contributed by atoms with van der Waals surface area (Å²) in [4.78, 5) is 23.9. The minimum atomic E-state index is -0.316. The van der Waals surface area contributed by atoms with Gasteiger partial charge in [-0.2, -0.15) is 0 Å². The lowest BCUT2D eigenvalue weighted by molar-refractivity contribution is -0.118. The molecule has 0 fully saturated rings. The number of carbonyl (C=O) groups is 1. The van der Waals surface area contributed by atoms with E-state index in [1.807, 2.05) is 54.6 Å². The molecule has 5 rings (SSSR count). The molecule has 0 spiro atoms. The average molecular weight is 428 g/mol. The number of nitrogens with zero attached hydrogens (tertiary/aromatic N) is 3. The Hall–Kier alpha value is -3.64. The van der Waals surface area contributed by atoms with Gasteiger partial charge in [0.25, 0.3) is 0 Å². The molecule has 2 aromatic heterocycles. The van der Waals surface area contributed by atoms with Crippen LogP contribution in [0, 0.1) is 5.82 Å². The van der Waals surface area contributed by atoms with Crippen LogP contribution in [0.5, 0.6) is 0 Å². The van der Waals surface area contributed by atoms with Gasteiger partial charge in [0.1, 0.15) is 5.82 Å². The molecule has 0 radical (unpaired) electrons. The number of amides is 1. The number of thiazole rings is 1. The fraction of sp³-hybridized carbons (Fsp3) is 0.0800. The standard InChI is InChI=1S/C25H18FN3OS/c26-20-10-11-22-23(14-20)31-25(28-22)29(16-17-5-4-12-27-15-17)24(30)13-19-8-3-7-18-6-1-2-9-21(18)19/h1-12,14-15H,13,16H2. The summed E-state index contributed by atoms with van der Waals surface area (Å²) in [7, 11) is 0. The van der Waals surface area contributed by atoms with E-state index >= 15 is 0 Å². The summed E-state index contributed by atoms with van der Waals surface area (Å²) < 4.78 is 14.4. The zero-order valence-electron chi connectivity index (χ0n) is 16.5. The molecule has 4 nitrogen and oxygen atoms in total. The number of carbonyl (C=O) groups excluding carboxylic acids is 1. The van der Waals surface area contributed by atoms with Crippen molar-refractivity contribution in [3.63, 3.8) is 0 Å². The van der Waals surface area contributed by atoms with Crippen LogP contribution in [0.25, 0.3) is 21.0 Å². The minimum absolute atomic E-state index is 0.0697. The Balaban J connectivity index is 1.53. The first-order chi connectivity index (χ1) is 15.2. The molecule has 0 saturated heterocycles. The number of aromatic nitrogens is 2. The second kappa shape index (κ2) is 8.24. The molecular weight excluding hydrogens is 409 g/mol. The van der Waals surface area contributed by atoms with Gasteiger partial charge in [-0.15, -0.1) is 0 Å². The highest BCUT2D eigenvalue weighted by Gasteiger charge is 2.21. The van der Waals surface area contributed by atoms with E-state index in [2.05, 4.69) is 9.97 Å². The smallest absolute Gasteiger partial charge is 0.233 e. The second-order valence-electron chi connectivity index (χ2n) is 7.26. The molecule has 1 amide bonds.